The molecule has 2 N–H and O–H groups in total. The molecule has 0 radical (unpaired) electrons. The second kappa shape index (κ2) is 10.9. The van der Waals surface area contributed by atoms with Crippen LogP contribution in [0.1, 0.15) is 36.6 Å². The number of halogens is 2. The van der Waals surface area contributed by atoms with E-state index < -0.39 is 0 Å². The lowest BCUT2D eigenvalue weighted by molar-refractivity contribution is 0.607. The van der Waals surface area contributed by atoms with Crippen molar-refractivity contribution in [2.24, 2.45) is 4.99 Å². The number of nitrogens with zero attached hydrogens (tertiary/aromatic N) is 4. The number of benzene rings is 2. The van der Waals surface area contributed by atoms with Gasteiger partial charge in [0.25, 0.3) is 0 Å². The summed E-state index contributed by atoms with van der Waals surface area (Å²) in [4.78, 5) is 8.60. The van der Waals surface area contributed by atoms with Gasteiger partial charge in [0.1, 0.15) is 18.5 Å². The summed E-state index contributed by atoms with van der Waals surface area (Å²) in [6.45, 7) is 7.04. The Morgan fingerprint density at radius 3 is 2.59 bits per heavy atom. The molecule has 0 aliphatic rings. The molecule has 0 amide bonds. The molecule has 2 aromatic carbocycles. The Morgan fingerprint density at radius 2 is 1.97 bits per heavy atom. The van der Waals surface area contributed by atoms with Crippen molar-refractivity contribution in [3.8, 4) is 5.69 Å². The van der Waals surface area contributed by atoms with Gasteiger partial charge in [-0.25, -0.2) is 19.0 Å². The third kappa shape index (κ3) is 6.25. The van der Waals surface area contributed by atoms with Crippen LogP contribution < -0.4 is 10.6 Å². The zero-order valence-corrected chi connectivity index (χ0v) is 19.1. The lowest BCUT2D eigenvalue weighted by Crippen LogP contribution is -2.38. The summed E-state index contributed by atoms with van der Waals surface area (Å²) in [6, 6.07) is 13.2. The minimum atomic E-state index is -0.194. The first-order valence-electron chi connectivity index (χ1n) is 9.31. The highest BCUT2D eigenvalue weighted by Gasteiger charge is 2.10. The Morgan fingerprint density at radius 1 is 1.21 bits per heavy atom. The van der Waals surface area contributed by atoms with Crippen LogP contribution in [0.15, 0.2) is 60.1 Å². The first kappa shape index (κ1) is 22.8. The van der Waals surface area contributed by atoms with Gasteiger partial charge >= 0.3 is 0 Å². The molecule has 0 fully saturated rings. The molecular weight excluding hydrogens is 482 g/mol. The molecule has 1 atom stereocenters. The highest BCUT2D eigenvalue weighted by molar-refractivity contribution is 14.0. The van der Waals surface area contributed by atoms with Crippen LogP contribution in [0.25, 0.3) is 5.69 Å². The molecule has 0 saturated carbocycles. The second-order valence-corrected chi connectivity index (χ2v) is 6.58. The molecule has 0 bridgehead atoms. The molecule has 3 rings (SSSR count). The van der Waals surface area contributed by atoms with E-state index in [9.17, 15) is 4.39 Å². The molecule has 154 valence electrons. The Balaban J connectivity index is 0.00000300. The molecule has 3 aromatic rings. The van der Waals surface area contributed by atoms with Gasteiger partial charge in [-0.15, -0.1) is 24.0 Å². The minimum absolute atomic E-state index is 0. The molecule has 0 spiro atoms. The highest BCUT2D eigenvalue weighted by Crippen LogP contribution is 2.16. The Labute approximate surface area is 187 Å². The number of hydrogen-bond acceptors (Lipinski definition) is 3. The van der Waals surface area contributed by atoms with Gasteiger partial charge in [0, 0.05) is 6.54 Å². The lowest BCUT2D eigenvalue weighted by Gasteiger charge is -2.18. The molecule has 1 heterocycles. The van der Waals surface area contributed by atoms with Gasteiger partial charge in [-0.1, -0.05) is 24.3 Å². The molecule has 6 nitrogen and oxygen atoms in total. The fraction of sp³-hybridized carbons (Fsp3) is 0.286. The zero-order valence-electron chi connectivity index (χ0n) is 16.8. The minimum Gasteiger partial charge on any atom is -0.357 e. The largest absolute Gasteiger partial charge is 0.357 e. The normalized spacial score (nSPS) is 12.2. The van der Waals surface area contributed by atoms with Crippen LogP contribution in [-0.2, 0) is 6.54 Å². The number of nitrogens with one attached hydrogen (secondary N) is 2. The quantitative estimate of drug-likeness (QED) is 0.298. The van der Waals surface area contributed by atoms with Gasteiger partial charge in [0.2, 0.25) is 0 Å². The van der Waals surface area contributed by atoms with Gasteiger partial charge in [-0.3, -0.25) is 0 Å². The topological polar surface area (TPSA) is 67.1 Å². The van der Waals surface area contributed by atoms with Crippen molar-refractivity contribution in [3.63, 3.8) is 0 Å². The summed E-state index contributed by atoms with van der Waals surface area (Å²) < 4.78 is 15.6. The van der Waals surface area contributed by atoms with Crippen molar-refractivity contribution >= 4 is 29.9 Å². The van der Waals surface area contributed by atoms with Crippen molar-refractivity contribution in [3.05, 3.63) is 77.6 Å². The van der Waals surface area contributed by atoms with Crippen molar-refractivity contribution in [2.45, 2.75) is 33.4 Å². The average molecular weight is 508 g/mol. The Bertz CT molecular complexity index is 925. The maximum atomic E-state index is 13.8. The van der Waals surface area contributed by atoms with Gasteiger partial charge in [-0.2, -0.15) is 5.10 Å². The number of hydrogen-bond donors (Lipinski definition) is 2. The van der Waals surface area contributed by atoms with E-state index in [0.717, 1.165) is 23.4 Å². The summed E-state index contributed by atoms with van der Waals surface area (Å²) in [5, 5.41) is 10.7. The lowest BCUT2D eigenvalue weighted by atomic mass is 10.1. The van der Waals surface area contributed by atoms with E-state index in [1.165, 1.54) is 6.33 Å². The number of aromatic nitrogens is 3. The number of aliphatic imine (C=N–C) groups is 1. The molecule has 0 aliphatic carbocycles. The summed E-state index contributed by atoms with van der Waals surface area (Å²) in [5.41, 5.74) is 3.55. The van der Waals surface area contributed by atoms with Crippen molar-refractivity contribution in [2.75, 3.05) is 6.54 Å². The maximum Gasteiger partial charge on any atom is 0.192 e. The van der Waals surface area contributed by atoms with Crippen LogP contribution in [0.4, 0.5) is 4.39 Å². The van der Waals surface area contributed by atoms with Crippen LogP contribution in [0.2, 0.25) is 0 Å². The number of aryl methyl sites for hydroxylation is 1. The van der Waals surface area contributed by atoms with Gasteiger partial charge in [0.05, 0.1) is 18.3 Å². The fourth-order valence-corrected chi connectivity index (χ4v) is 2.75. The summed E-state index contributed by atoms with van der Waals surface area (Å²) in [6.07, 6.45) is 3.17. The SMILES string of the molecule is CCNC(=NCc1ccc(-n2cncn2)cc1)NC(C)c1ccc(C)c(F)c1.I. The number of guanidine groups is 1. The van der Waals surface area contributed by atoms with Crippen LogP contribution in [0, 0.1) is 12.7 Å². The second-order valence-electron chi connectivity index (χ2n) is 6.58. The van der Waals surface area contributed by atoms with Gasteiger partial charge in [-0.05, 0) is 55.7 Å². The summed E-state index contributed by atoms with van der Waals surface area (Å²) in [7, 11) is 0. The third-order valence-corrected chi connectivity index (χ3v) is 4.43. The fourth-order valence-electron chi connectivity index (χ4n) is 2.75. The van der Waals surface area contributed by atoms with E-state index in [1.807, 2.05) is 44.2 Å². The Kier molecular flexibility index (Phi) is 8.56. The zero-order chi connectivity index (χ0) is 19.9. The van der Waals surface area contributed by atoms with E-state index in [-0.39, 0.29) is 35.8 Å². The van der Waals surface area contributed by atoms with Crippen molar-refractivity contribution in [1.82, 2.24) is 25.4 Å². The van der Waals surface area contributed by atoms with E-state index in [1.54, 1.807) is 30.1 Å². The molecule has 1 aromatic heterocycles. The number of rotatable bonds is 6. The predicted octanol–water partition coefficient (Wildman–Crippen LogP) is 4.15. The smallest absolute Gasteiger partial charge is 0.192 e. The van der Waals surface area contributed by atoms with E-state index in [0.29, 0.717) is 18.1 Å². The molecule has 0 saturated heterocycles. The summed E-state index contributed by atoms with van der Waals surface area (Å²) in [5.74, 6) is 0.497. The molecule has 0 aliphatic heterocycles. The van der Waals surface area contributed by atoms with Crippen molar-refractivity contribution < 1.29 is 4.39 Å². The monoisotopic (exact) mass is 508 g/mol. The van der Waals surface area contributed by atoms with Crippen LogP contribution in [-0.4, -0.2) is 27.3 Å². The highest BCUT2D eigenvalue weighted by atomic mass is 127. The van der Waals surface area contributed by atoms with E-state index in [2.05, 4.69) is 25.7 Å². The van der Waals surface area contributed by atoms with E-state index in [4.69, 9.17) is 0 Å². The van der Waals surface area contributed by atoms with Crippen molar-refractivity contribution in [1.29, 1.82) is 0 Å². The van der Waals surface area contributed by atoms with Gasteiger partial charge < -0.3 is 10.6 Å². The van der Waals surface area contributed by atoms with Crippen LogP contribution in [0.3, 0.4) is 0 Å². The van der Waals surface area contributed by atoms with Gasteiger partial charge in [0.15, 0.2) is 5.96 Å². The molecule has 1 unspecified atom stereocenters. The molecular formula is C21H26FIN6. The average Bonchev–Trinajstić information content (AvgIpc) is 3.23. The first-order chi connectivity index (χ1) is 13.6. The standard InChI is InChI=1S/C21H25FN6.HI/c1-4-24-21(27-16(3)18-8-5-15(2)20(22)11-18)25-12-17-6-9-19(10-7-17)28-14-23-13-26-28;/h5-11,13-14,16H,4,12H2,1-3H3,(H2,24,25,27);1H. The third-order valence-electron chi connectivity index (χ3n) is 4.43. The van der Waals surface area contributed by atoms with E-state index >= 15 is 0 Å². The Hall–Kier alpha value is -2.49. The summed E-state index contributed by atoms with van der Waals surface area (Å²) >= 11 is 0. The predicted molar refractivity (Wildman–Crippen MR) is 124 cm³/mol. The maximum absolute atomic E-state index is 13.8. The molecule has 29 heavy (non-hydrogen) atoms. The van der Waals surface area contributed by atoms with Crippen LogP contribution in [0.5, 0.6) is 0 Å². The molecule has 8 heteroatoms. The van der Waals surface area contributed by atoms with Crippen LogP contribution >= 0.6 is 24.0 Å². The first-order valence-corrected chi connectivity index (χ1v) is 9.31.